The zero-order chi connectivity index (χ0) is 22.4. The molecule has 3 rings (SSSR count). The number of nitrogens with one attached hydrogen (secondary N) is 2. The number of rotatable bonds is 8. The van der Waals surface area contributed by atoms with Gasteiger partial charge in [-0.3, -0.25) is 0 Å². The molecule has 1 aliphatic heterocycles. The molecule has 0 aromatic heterocycles. The summed E-state index contributed by atoms with van der Waals surface area (Å²) in [5.41, 5.74) is 2.14. The highest BCUT2D eigenvalue weighted by atomic mass is 16.5. The molecule has 2 amide bonds. The lowest BCUT2D eigenvalue weighted by Crippen LogP contribution is -2.45. The molecule has 7 heteroatoms. The van der Waals surface area contributed by atoms with Crippen molar-refractivity contribution in [1.29, 1.82) is 0 Å². The first-order chi connectivity index (χ1) is 14.9. The molecule has 1 atom stereocenters. The Kier molecular flexibility index (Phi) is 7.18. The number of carbonyl (C=O) groups is 2. The van der Waals surface area contributed by atoms with Gasteiger partial charge >= 0.3 is 12.0 Å². The van der Waals surface area contributed by atoms with Crippen LogP contribution in [0.3, 0.4) is 0 Å². The van der Waals surface area contributed by atoms with Gasteiger partial charge in [-0.25, -0.2) is 9.59 Å². The van der Waals surface area contributed by atoms with E-state index in [-0.39, 0.29) is 6.10 Å². The fraction of sp³-hybridized carbons (Fsp3) is 0.333. The number of ether oxygens (including phenoxy) is 3. The summed E-state index contributed by atoms with van der Waals surface area (Å²) in [5.74, 6) is 0.625. The van der Waals surface area contributed by atoms with E-state index in [2.05, 4.69) is 10.6 Å². The third-order valence-corrected chi connectivity index (χ3v) is 4.68. The van der Waals surface area contributed by atoms with Crippen molar-refractivity contribution in [3.8, 4) is 11.5 Å². The van der Waals surface area contributed by atoms with Crippen LogP contribution in [-0.2, 0) is 9.53 Å². The van der Waals surface area contributed by atoms with Crippen LogP contribution in [0.25, 0.3) is 5.70 Å². The van der Waals surface area contributed by atoms with Gasteiger partial charge in [-0.15, -0.1) is 0 Å². The van der Waals surface area contributed by atoms with Crippen LogP contribution in [0.5, 0.6) is 11.5 Å². The summed E-state index contributed by atoms with van der Waals surface area (Å²) in [4.78, 5) is 25.6. The number of hydrogen-bond acceptors (Lipinski definition) is 5. The van der Waals surface area contributed by atoms with Crippen LogP contribution < -0.4 is 20.1 Å². The van der Waals surface area contributed by atoms with Gasteiger partial charge in [0.25, 0.3) is 0 Å². The van der Waals surface area contributed by atoms with E-state index in [9.17, 15) is 9.59 Å². The number of methoxy groups -OCH3 is 1. The van der Waals surface area contributed by atoms with Gasteiger partial charge < -0.3 is 24.8 Å². The van der Waals surface area contributed by atoms with E-state index in [0.717, 1.165) is 6.42 Å². The molecule has 1 unspecified atom stereocenters. The first kappa shape index (κ1) is 22.2. The predicted octanol–water partition coefficient (Wildman–Crippen LogP) is 4.20. The fourth-order valence-corrected chi connectivity index (χ4v) is 3.34. The number of benzene rings is 2. The van der Waals surface area contributed by atoms with Crippen molar-refractivity contribution in [2.75, 3.05) is 13.7 Å². The lowest BCUT2D eigenvalue weighted by atomic mass is 9.92. The first-order valence-corrected chi connectivity index (χ1v) is 10.3. The third-order valence-electron chi connectivity index (χ3n) is 4.68. The second-order valence-corrected chi connectivity index (χ2v) is 7.40. The molecule has 2 aromatic carbocycles. The lowest BCUT2D eigenvalue weighted by Gasteiger charge is -2.30. The Morgan fingerprint density at radius 3 is 2.48 bits per heavy atom. The highest BCUT2D eigenvalue weighted by Gasteiger charge is 2.35. The maximum atomic E-state index is 13.1. The minimum atomic E-state index is -0.718. The Morgan fingerprint density at radius 1 is 1.10 bits per heavy atom. The quantitative estimate of drug-likeness (QED) is 0.621. The first-order valence-electron chi connectivity index (χ1n) is 10.3. The molecule has 31 heavy (non-hydrogen) atoms. The molecule has 0 bridgehead atoms. The summed E-state index contributed by atoms with van der Waals surface area (Å²) >= 11 is 0. The molecule has 0 spiro atoms. The molecule has 7 nitrogen and oxygen atoms in total. The zero-order valence-corrected chi connectivity index (χ0v) is 18.2. The van der Waals surface area contributed by atoms with Crippen LogP contribution >= 0.6 is 0 Å². The molecule has 0 saturated heterocycles. The van der Waals surface area contributed by atoms with Crippen molar-refractivity contribution >= 4 is 17.7 Å². The Morgan fingerprint density at radius 2 is 1.84 bits per heavy atom. The highest BCUT2D eigenvalue weighted by Crippen LogP contribution is 2.36. The second kappa shape index (κ2) is 10.0. The van der Waals surface area contributed by atoms with Crippen molar-refractivity contribution in [3.63, 3.8) is 0 Å². The number of esters is 1. The van der Waals surface area contributed by atoms with Crippen LogP contribution in [0.4, 0.5) is 4.79 Å². The normalized spacial score (nSPS) is 15.9. The van der Waals surface area contributed by atoms with Gasteiger partial charge in [0.1, 0.15) is 0 Å². The number of amides is 2. The smallest absolute Gasteiger partial charge is 0.338 e. The average Bonchev–Trinajstić information content (AvgIpc) is 2.77. The summed E-state index contributed by atoms with van der Waals surface area (Å²) in [6.07, 6.45) is 0.554. The average molecular weight is 424 g/mol. The van der Waals surface area contributed by atoms with E-state index in [1.165, 1.54) is 0 Å². The van der Waals surface area contributed by atoms with Crippen LogP contribution in [0.1, 0.15) is 44.4 Å². The van der Waals surface area contributed by atoms with Crippen molar-refractivity contribution < 1.29 is 23.8 Å². The number of carbonyl (C=O) groups excluding carboxylic acids is 2. The van der Waals surface area contributed by atoms with Gasteiger partial charge in [0.15, 0.2) is 11.5 Å². The summed E-state index contributed by atoms with van der Waals surface area (Å²) in [5, 5.41) is 5.62. The molecule has 0 aliphatic carbocycles. The van der Waals surface area contributed by atoms with E-state index >= 15 is 0 Å². The lowest BCUT2D eigenvalue weighted by molar-refractivity contribution is -0.143. The largest absolute Gasteiger partial charge is 0.493 e. The van der Waals surface area contributed by atoms with Crippen LogP contribution in [0.2, 0.25) is 0 Å². The SMILES string of the molecule is CCCOc1ccc(C2NC(=O)NC(c3ccccc3)=C2C(=O)OC(C)C)cc1OC. The van der Waals surface area contributed by atoms with Gasteiger partial charge in [0, 0.05) is 0 Å². The summed E-state index contributed by atoms with van der Waals surface area (Å²) < 4.78 is 16.7. The van der Waals surface area contributed by atoms with Crippen LogP contribution in [-0.4, -0.2) is 31.8 Å². The Labute approximate surface area is 182 Å². The van der Waals surface area contributed by atoms with Crippen molar-refractivity contribution in [2.24, 2.45) is 0 Å². The molecule has 1 heterocycles. The van der Waals surface area contributed by atoms with E-state index in [1.807, 2.05) is 43.3 Å². The Balaban J connectivity index is 2.12. The van der Waals surface area contributed by atoms with Crippen LogP contribution in [0.15, 0.2) is 54.1 Å². The fourth-order valence-electron chi connectivity index (χ4n) is 3.34. The predicted molar refractivity (Wildman–Crippen MR) is 118 cm³/mol. The molecule has 0 fully saturated rings. The molecule has 2 N–H and O–H groups in total. The molecular weight excluding hydrogens is 396 g/mol. The molecule has 1 aliphatic rings. The second-order valence-electron chi connectivity index (χ2n) is 7.40. The maximum Gasteiger partial charge on any atom is 0.338 e. The summed E-state index contributed by atoms with van der Waals surface area (Å²) in [7, 11) is 1.55. The van der Waals surface area contributed by atoms with E-state index < -0.39 is 18.0 Å². The maximum absolute atomic E-state index is 13.1. The minimum Gasteiger partial charge on any atom is -0.493 e. The molecule has 2 aromatic rings. The molecule has 0 radical (unpaired) electrons. The monoisotopic (exact) mass is 424 g/mol. The summed E-state index contributed by atoms with van der Waals surface area (Å²) in [6.45, 7) is 6.15. The van der Waals surface area contributed by atoms with Crippen molar-refractivity contribution in [3.05, 3.63) is 65.2 Å². The summed E-state index contributed by atoms with van der Waals surface area (Å²) in [6, 6.07) is 13.5. The molecule has 0 saturated carbocycles. The van der Waals surface area contributed by atoms with E-state index in [4.69, 9.17) is 14.2 Å². The highest BCUT2D eigenvalue weighted by molar-refractivity contribution is 6.04. The van der Waals surface area contributed by atoms with Gasteiger partial charge in [-0.1, -0.05) is 43.3 Å². The third kappa shape index (κ3) is 5.17. The van der Waals surface area contributed by atoms with Crippen molar-refractivity contribution in [2.45, 2.75) is 39.3 Å². The number of urea groups is 1. The van der Waals surface area contributed by atoms with Gasteiger partial charge in [-0.2, -0.15) is 0 Å². The molecule has 164 valence electrons. The van der Waals surface area contributed by atoms with Crippen LogP contribution in [0, 0.1) is 0 Å². The topological polar surface area (TPSA) is 85.9 Å². The Hall–Kier alpha value is -3.48. The van der Waals surface area contributed by atoms with E-state index in [0.29, 0.717) is 40.5 Å². The Bertz CT molecular complexity index is 969. The van der Waals surface area contributed by atoms with Gasteiger partial charge in [0.05, 0.1) is 37.1 Å². The van der Waals surface area contributed by atoms with Gasteiger partial charge in [0.2, 0.25) is 0 Å². The molecular formula is C24H28N2O5. The number of hydrogen-bond donors (Lipinski definition) is 2. The standard InChI is InChI=1S/C24H28N2O5/c1-5-13-30-18-12-11-17(14-19(18)29-4)22-20(23(27)31-15(2)3)21(25-24(28)26-22)16-9-7-6-8-10-16/h6-12,14-15,22H,5,13H2,1-4H3,(H2,25,26,28). The zero-order valence-electron chi connectivity index (χ0n) is 18.2. The van der Waals surface area contributed by atoms with Gasteiger partial charge in [-0.05, 0) is 43.5 Å². The van der Waals surface area contributed by atoms with E-state index in [1.54, 1.807) is 33.1 Å². The van der Waals surface area contributed by atoms with Crippen molar-refractivity contribution in [1.82, 2.24) is 10.6 Å². The minimum absolute atomic E-state index is 0.311.